The largest absolute Gasteiger partial charge is 0.343 e. The number of piperazine rings is 1. The molecule has 0 aromatic carbocycles. The SMILES string of the molecule is CC1CCC(N2CC(=O)NC(C(C)C)C2=O)C1. The molecule has 2 aliphatic rings. The molecule has 2 rings (SSSR count). The third-order valence-corrected chi connectivity index (χ3v) is 3.95. The number of nitrogens with one attached hydrogen (secondary N) is 1. The Labute approximate surface area is 103 Å². The van der Waals surface area contributed by atoms with E-state index in [0.29, 0.717) is 5.92 Å². The van der Waals surface area contributed by atoms with Crippen LogP contribution >= 0.6 is 0 Å². The highest BCUT2D eigenvalue weighted by Gasteiger charge is 2.39. The maximum Gasteiger partial charge on any atom is 0.246 e. The lowest BCUT2D eigenvalue weighted by Gasteiger charge is -2.38. The summed E-state index contributed by atoms with van der Waals surface area (Å²) >= 11 is 0. The number of carbonyl (C=O) groups excluding carboxylic acids is 2. The van der Waals surface area contributed by atoms with Crippen LogP contribution < -0.4 is 5.32 Å². The number of carbonyl (C=O) groups is 2. The zero-order chi connectivity index (χ0) is 12.6. The van der Waals surface area contributed by atoms with Gasteiger partial charge in [-0.25, -0.2) is 0 Å². The summed E-state index contributed by atoms with van der Waals surface area (Å²) in [4.78, 5) is 25.8. The Morgan fingerprint density at radius 2 is 2.00 bits per heavy atom. The molecule has 2 fully saturated rings. The topological polar surface area (TPSA) is 49.4 Å². The summed E-state index contributed by atoms with van der Waals surface area (Å²) in [5.74, 6) is 0.935. The lowest BCUT2D eigenvalue weighted by Crippen LogP contribution is -2.61. The molecule has 0 radical (unpaired) electrons. The van der Waals surface area contributed by atoms with Gasteiger partial charge in [0.2, 0.25) is 11.8 Å². The van der Waals surface area contributed by atoms with Crippen LogP contribution in [0.2, 0.25) is 0 Å². The van der Waals surface area contributed by atoms with E-state index >= 15 is 0 Å². The second kappa shape index (κ2) is 4.67. The summed E-state index contributed by atoms with van der Waals surface area (Å²) in [6.07, 6.45) is 3.26. The van der Waals surface area contributed by atoms with Crippen molar-refractivity contribution in [2.45, 2.75) is 52.1 Å². The quantitative estimate of drug-likeness (QED) is 0.784. The molecule has 4 heteroatoms. The van der Waals surface area contributed by atoms with Crippen LogP contribution in [-0.4, -0.2) is 35.3 Å². The predicted octanol–water partition coefficient (Wildman–Crippen LogP) is 1.16. The molecule has 0 bridgehead atoms. The van der Waals surface area contributed by atoms with Crippen LogP contribution in [0.4, 0.5) is 0 Å². The van der Waals surface area contributed by atoms with Gasteiger partial charge in [0.15, 0.2) is 0 Å². The average Bonchev–Trinajstić information content (AvgIpc) is 2.67. The summed E-state index contributed by atoms with van der Waals surface area (Å²) < 4.78 is 0. The van der Waals surface area contributed by atoms with Gasteiger partial charge in [-0.05, 0) is 31.1 Å². The first kappa shape index (κ1) is 12.4. The summed E-state index contributed by atoms with van der Waals surface area (Å²) in [7, 11) is 0. The van der Waals surface area contributed by atoms with Gasteiger partial charge in [0.05, 0.1) is 6.54 Å². The van der Waals surface area contributed by atoms with Gasteiger partial charge in [0.1, 0.15) is 6.04 Å². The Morgan fingerprint density at radius 1 is 1.29 bits per heavy atom. The molecule has 4 nitrogen and oxygen atoms in total. The average molecular weight is 238 g/mol. The highest BCUT2D eigenvalue weighted by atomic mass is 16.2. The van der Waals surface area contributed by atoms with Gasteiger partial charge in [-0.15, -0.1) is 0 Å². The summed E-state index contributed by atoms with van der Waals surface area (Å²) in [6, 6.07) is -0.0445. The van der Waals surface area contributed by atoms with Gasteiger partial charge < -0.3 is 10.2 Å². The zero-order valence-corrected chi connectivity index (χ0v) is 10.9. The number of hydrogen-bond acceptors (Lipinski definition) is 2. The van der Waals surface area contributed by atoms with Crippen LogP contribution in [0.5, 0.6) is 0 Å². The second-order valence-corrected chi connectivity index (χ2v) is 5.83. The van der Waals surface area contributed by atoms with E-state index in [1.807, 2.05) is 18.7 Å². The minimum Gasteiger partial charge on any atom is -0.343 e. The number of hydrogen-bond donors (Lipinski definition) is 1. The highest BCUT2D eigenvalue weighted by molar-refractivity contribution is 5.95. The van der Waals surface area contributed by atoms with Crippen LogP contribution in [0.25, 0.3) is 0 Å². The van der Waals surface area contributed by atoms with Crippen LogP contribution in [0.3, 0.4) is 0 Å². The molecule has 0 aromatic heterocycles. The molecule has 1 saturated heterocycles. The van der Waals surface area contributed by atoms with Gasteiger partial charge in [0, 0.05) is 6.04 Å². The van der Waals surface area contributed by atoms with Crippen molar-refractivity contribution < 1.29 is 9.59 Å². The second-order valence-electron chi connectivity index (χ2n) is 5.83. The maximum atomic E-state index is 12.3. The fourth-order valence-corrected chi connectivity index (χ4v) is 2.91. The number of nitrogens with zero attached hydrogens (tertiary/aromatic N) is 1. The first-order chi connectivity index (χ1) is 7.99. The van der Waals surface area contributed by atoms with E-state index in [4.69, 9.17) is 0 Å². The molecule has 0 spiro atoms. The molecule has 1 aliphatic carbocycles. The Hall–Kier alpha value is -1.06. The Kier molecular flexibility index (Phi) is 3.40. The van der Waals surface area contributed by atoms with E-state index in [1.165, 1.54) is 6.42 Å². The van der Waals surface area contributed by atoms with Crippen LogP contribution in [0.15, 0.2) is 0 Å². The minimum absolute atomic E-state index is 0.0112. The van der Waals surface area contributed by atoms with Gasteiger partial charge in [-0.2, -0.15) is 0 Å². The van der Waals surface area contributed by atoms with E-state index in [2.05, 4.69) is 12.2 Å². The summed E-state index contributed by atoms with van der Waals surface area (Å²) in [6.45, 7) is 6.42. The summed E-state index contributed by atoms with van der Waals surface area (Å²) in [5, 5.41) is 2.80. The molecule has 1 heterocycles. The minimum atomic E-state index is -0.327. The molecule has 3 atom stereocenters. The van der Waals surface area contributed by atoms with Gasteiger partial charge in [-0.3, -0.25) is 9.59 Å². The highest BCUT2D eigenvalue weighted by Crippen LogP contribution is 2.30. The van der Waals surface area contributed by atoms with Crippen molar-refractivity contribution in [2.75, 3.05) is 6.54 Å². The van der Waals surface area contributed by atoms with E-state index in [-0.39, 0.29) is 36.4 Å². The molecule has 17 heavy (non-hydrogen) atoms. The first-order valence-corrected chi connectivity index (χ1v) is 6.59. The monoisotopic (exact) mass is 238 g/mol. The number of amides is 2. The van der Waals surface area contributed by atoms with E-state index in [9.17, 15) is 9.59 Å². The molecule has 2 amide bonds. The van der Waals surface area contributed by atoms with Crippen molar-refractivity contribution in [2.24, 2.45) is 11.8 Å². The molecule has 96 valence electrons. The van der Waals surface area contributed by atoms with E-state index < -0.39 is 0 Å². The lowest BCUT2D eigenvalue weighted by molar-refractivity contribution is -0.147. The molecule has 1 N–H and O–H groups in total. The Balaban J connectivity index is 2.10. The van der Waals surface area contributed by atoms with Gasteiger partial charge in [-0.1, -0.05) is 20.8 Å². The van der Waals surface area contributed by atoms with Crippen molar-refractivity contribution in [1.82, 2.24) is 10.2 Å². The van der Waals surface area contributed by atoms with Crippen molar-refractivity contribution in [3.63, 3.8) is 0 Å². The first-order valence-electron chi connectivity index (χ1n) is 6.59. The predicted molar refractivity (Wildman–Crippen MR) is 65.3 cm³/mol. The van der Waals surface area contributed by atoms with E-state index in [1.54, 1.807) is 0 Å². The van der Waals surface area contributed by atoms with Crippen LogP contribution in [-0.2, 0) is 9.59 Å². The van der Waals surface area contributed by atoms with E-state index in [0.717, 1.165) is 12.8 Å². The van der Waals surface area contributed by atoms with Gasteiger partial charge in [0.25, 0.3) is 0 Å². The third-order valence-electron chi connectivity index (χ3n) is 3.95. The maximum absolute atomic E-state index is 12.3. The van der Waals surface area contributed by atoms with Crippen molar-refractivity contribution in [3.8, 4) is 0 Å². The van der Waals surface area contributed by atoms with Crippen molar-refractivity contribution in [1.29, 1.82) is 0 Å². The molecular formula is C13H22N2O2. The fourth-order valence-electron chi connectivity index (χ4n) is 2.91. The number of rotatable bonds is 2. The van der Waals surface area contributed by atoms with Gasteiger partial charge >= 0.3 is 0 Å². The molecule has 1 saturated carbocycles. The summed E-state index contributed by atoms with van der Waals surface area (Å²) in [5.41, 5.74) is 0. The molecule has 0 aromatic rings. The van der Waals surface area contributed by atoms with Crippen molar-refractivity contribution >= 4 is 11.8 Å². The third kappa shape index (κ3) is 2.45. The Morgan fingerprint density at radius 3 is 2.53 bits per heavy atom. The standard InChI is InChI=1S/C13H22N2O2/c1-8(2)12-13(17)15(7-11(16)14-12)10-5-4-9(3)6-10/h8-10,12H,4-7H2,1-3H3,(H,14,16). The van der Waals surface area contributed by atoms with Crippen LogP contribution in [0.1, 0.15) is 40.0 Å². The molecule has 3 unspecified atom stereocenters. The Bertz CT molecular complexity index is 327. The molecule has 1 aliphatic heterocycles. The zero-order valence-electron chi connectivity index (χ0n) is 10.9. The molecular weight excluding hydrogens is 216 g/mol. The fraction of sp³-hybridized carbons (Fsp3) is 0.846. The lowest BCUT2D eigenvalue weighted by atomic mass is 9.99. The van der Waals surface area contributed by atoms with Crippen LogP contribution in [0, 0.1) is 11.8 Å². The smallest absolute Gasteiger partial charge is 0.246 e. The van der Waals surface area contributed by atoms with Crippen molar-refractivity contribution in [3.05, 3.63) is 0 Å². The normalized spacial score (nSPS) is 34.4.